The van der Waals surface area contributed by atoms with E-state index in [2.05, 4.69) is 30.9 Å². The number of nitrogens with one attached hydrogen (secondary N) is 1. The van der Waals surface area contributed by atoms with Crippen molar-refractivity contribution in [1.29, 1.82) is 0 Å². The van der Waals surface area contributed by atoms with Crippen molar-refractivity contribution in [2.24, 2.45) is 0 Å². The molecular formula is C9H8BrN3O2. The Bertz CT molecular complexity index is 535. The number of benzene rings is 1. The van der Waals surface area contributed by atoms with E-state index in [1.54, 1.807) is 12.1 Å². The van der Waals surface area contributed by atoms with Crippen molar-refractivity contribution < 1.29 is 9.53 Å². The minimum absolute atomic E-state index is 0.200. The largest absolute Gasteiger partial charge is 0.464 e. The number of ether oxygens (including phenoxy) is 1. The van der Waals surface area contributed by atoms with E-state index in [9.17, 15) is 4.79 Å². The van der Waals surface area contributed by atoms with Gasteiger partial charge in [-0.1, -0.05) is 0 Å². The van der Waals surface area contributed by atoms with Crippen LogP contribution in [0.5, 0.6) is 0 Å². The summed E-state index contributed by atoms with van der Waals surface area (Å²) in [7, 11) is 1.30. The predicted octanol–water partition coefficient (Wildman–Crippen LogP) is 1.69. The third-order valence-corrected chi connectivity index (χ3v) is 2.79. The minimum Gasteiger partial charge on any atom is -0.464 e. The number of nitrogens with zero attached hydrogens (tertiary/aromatic N) is 1. The van der Waals surface area contributed by atoms with Gasteiger partial charge in [0.05, 0.1) is 23.7 Å². The number of aromatic nitrogens is 2. The standard InChI is InChI=1S/C9H8BrN3O2/c1-15-9(14)8-6-5(12-13-8)3-2-4(10)7(6)11/h2-3H,11H2,1H3,(H,12,13). The van der Waals surface area contributed by atoms with Crippen molar-refractivity contribution in [3.8, 4) is 0 Å². The number of carbonyl (C=O) groups is 1. The molecule has 78 valence electrons. The first-order valence-corrected chi connectivity index (χ1v) is 4.95. The van der Waals surface area contributed by atoms with Crippen LogP contribution in [0.3, 0.4) is 0 Å². The first-order chi connectivity index (χ1) is 7.15. The molecule has 0 aliphatic carbocycles. The highest BCUT2D eigenvalue weighted by atomic mass is 79.9. The van der Waals surface area contributed by atoms with Gasteiger partial charge in [-0.25, -0.2) is 4.79 Å². The lowest BCUT2D eigenvalue weighted by Gasteiger charge is -2.00. The molecule has 0 aliphatic heterocycles. The Morgan fingerprint density at radius 3 is 3.00 bits per heavy atom. The number of nitrogens with two attached hydrogens (primary N) is 1. The first kappa shape index (κ1) is 9.97. The molecule has 0 unspecified atom stereocenters. The fourth-order valence-electron chi connectivity index (χ4n) is 1.36. The number of fused-ring (bicyclic) bond motifs is 1. The van der Waals surface area contributed by atoms with Gasteiger partial charge in [0.25, 0.3) is 0 Å². The quantitative estimate of drug-likeness (QED) is 0.610. The summed E-state index contributed by atoms with van der Waals surface area (Å²) in [6.45, 7) is 0. The third-order valence-electron chi connectivity index (χ3n) is 2.10. The molecule has 5 nitrogen and oxygen atoms in total. The number of anilines is 1. The summed E-state index contributed by atoms with van der Waals surface area (Å²) in [5, 5.41) is 7.17. The number of hydrogen-bond acceptors (Lipinski definition) is 4. The fourth-order valence-corrected chi connectivity index (χ4v) is 1.69. The van der Waals surface area contributed by atoms with Crippen molar-refractivity contribution in [2.45, 2.75) is 0 Å². The van der Waals surface area contributed by atoms with E-state index in [-0.39, 0.29) is 5.69 Å². The molecule has 3 N–H and O–H groups in total. The van der Waals surface area contributed by atoms with Gasteiger partial charge in [0, 0.05) is 4.47 Å². The zero-order chi connectivity index (χ0) is 11.0. The number of H-pyrrole nitrogens is 1. The van der Waals surface area contributed by atoms with Crippen LogP contribution in [0.4, 0.5) is 5.69 Å². The van der Waals surface area contributed by atoms with Gasteiger partial charge in [-0.3, -0.25) is 5.10 Å². The maximum atomic E-state index is 11.4. The lowest BCUT2D eigenvalue weighted by Crippen LogP contribution is -2.03. The van der Waals surface area contributed by atoms with Gasteiger partial charge in [0.15, 0.2) is 5.69 Å². The van der Waals surface area contributed by atoms with Gasteiger partial charge < -0.3 is 10.5 Å². The Labute approximate surface area is 93.7 Å². The molecule has 2 aromatic rings. The number of aromatic amines is 1. The number of hydrogen-bond donors (Lipinski definition) is 2. The molecule has 0 spiro atoms. The summed E-state index contributed by atoms with van der Waals surface area (Å²) in [6.07, 6.45) is 0. The molecule has 1 aromatic heterocycles. The van der Waals surface area contributed by atoms with Crippen molar-refractivity contribution in [2.75, 3.05) is 12.8 Å². The predicted molar refractivity (Wildman–Crippen MR) is 59.5 cm³/mol. The number of nitrogen functional groups attached to an aromatic ring is 1. The highest BCUT2D eigenvalue weighted by molar-refractivity contribution is 9.10. The van der Waals surface area contributed by atoms with E-state index in [1.807, 2.05) is 0 Å². The van der Waals surface area contributed by atoms with Gasteiger partial charge in [0.2, 0.25) is 0 Å². The third kappa shape index (κ3) is 1.46. The summed E-state index contributed by atoms with van der Waals surface area (Å²) in [5.74, 6) is -0.508. The Hall–Kier alpha value is -1.56. The van der Waals surface area contributed by atoms with Crippen LogP contribution >= 0.6 is 15.9 Å². The second kappa shape index (κ2) is 3.54. The van der Waals surface area contributed by atoms with E-state index in [0.717, 1.165) is 4.47 Å². The minimum atomic E-state index is -0.508. The normalized spacial score (nSPS) is 10.5. The Morgan fingerprint density at radius 1 is 1.60 bits per heavy atom. The Kier molecular flexibility index (Phi) is 2.36. The molecule has 0 radical (unpaired) electrons. The molecule has 2 rings (SSSR count). The van der Waals surface area contributed by atoms with Gasteiger partial charge in [-0.15, -0.1) is 0 Å². The van der Waals surface area contributed by atoms with Crippen LogP contribution < -0.4 is 5.73 Å². The number of esters is 1. The van der Waals surface area contributed by atoms with Crippen molar-refractivity contribution in [3.05, 3.63) is 22.3 Å². The van der Waals surface area contributed by atoms with Crippen molar-refractivity contribution >= 4 is 38.5 Å². The van der Waals surface area contributed by atoms with Crippen LogP contribution in [0.25, 0.3) is 10.9 Å². The van der Waals surface area contributed by atoms with Crippen LogP contribution in [0, 0.1) is 0 Å². The lowest BCUT2D eigenvalue weighted by molar-refractivity contribution is 0.0596. The fraction of sp³-hybridized carbons (Fsp3) is 0.111. The molecule has 1 aromatic carbocycles. The molecule has 0 fully saturated rings. The van der Waals surface area contributed by atoms with Gasteiger partial charge in [-0.2, -0.15) is 5.10 Å². The van der Waals surface area contributed by atoms with E-state index in [4.69, 9.17) is 5.73 Å². The SMILES string of the molecule is COC(=O)c1n[nH]c2ccc(Br)c(N)c12. The maximum Gasteiger partial charge on any atom is 0.359 e. The molecule has 0 amide bonds. The highest BCUT2D eigenvalue weighted by Gasteiger charge is 2.17. The second-order valence-electron chi connectivity index (χ2n) is 2.95. The second-order valence-corrected chi connectivity index (χ2v) is 3.80. The zero-order valence-corrected chi connectivity index (χ0v) is 9.46. The number of methoxy groups -OCH3 is 1. The average Bonchev–Trinajstić information content (AvgIpc) is 2.67. The molecule has 1 heterocycles. The molecule has 15 heavy (non-hydrogen) atoms. The summed E-state index contributed by atoms with van der Waals surface area (Å²) in [6, 6.07) is 3.58. The smallest absolute Gasteiger partial charge is 0.359 e. The van der Waals surface area contributed by atoms with Crippen LogP contribution in [0.2, 0.25) is 0 Å². The van der Waals surface area contributed by atoms with Gasteiger partial charge in [-0.05, 0) is 28.1 Å². The van der Waals surface area contributed by atoms with Gasteiger partial charge in [0.1, 0.15) is 0 Å². The monoisotopic (exact) mass is 269 g/mol. The number of carbonyl (C=O) groups excluding carboxylic acids is 1. The van der Waals surface area contributed by atoms with Crippen LogP contribution in [0.1, 0.15) is 10.5 Å². The highest BCUT2D eigenvalue weighted by Crippen LogP contribution is 2.30. The number of rotatable bonds is 1. The van der Waals surface area contributed by atoms with E-state index in [1.165, 1.54) is 7.11 Å². The molecule has 0 aliphatic rings. The van der Waals surface area contributed by atoms with E-state index in [0.29, 0.717) is 16.6 Å². The molecule has 0 bridgehead atoms. The molecule has 0 saturated carbocycles. The summed E-state index contributed by atoms with van der Waals surface area (Å²) in [4.78, 5) is 11.4. The van der Waals surface area contributed by atoms with Crippen molar-refractivity contribution in [3.63, 3.8) is 0 Å². The topological polar surface area (TPSA) is 81.0 Å². The van der Waals surface area contributed by atoms with E-state index >= 15 is 0 Å². The summed E-state index contributed by atoms with van der Waals surface area (Å²) in [5.41, 5.74) is 7.22. The Morgan fingerprint density at radius 2 is 2.33 bits per heavy atom. The maximum absolute atomic E-state index is 11.4. The van der Waals surface area contributed by atoms with Crippen LogP contribution in [-0.2, 0) is 4.74 Å². The lowest BCUT2D eigenvalue weighted by atomic mass is 10.2. The summed E-state index contributed by atoms with van der Waals surface area (Å²) >= 11 is 3.29. The van der Waals surface area contributed by atoms with Gasteiger partial charge >= 0.3 is 5.97 Å². The summed E-state index contributed by atoms with van der Waals surface area (Å²) < 4.78 is 5.33. The zero-order valence-electron chi connectivity index (χ0n) is 7.87. The van der Waals surface area contributed by atoms with E-state index < -0.39 is 5.97 Å². The molecule has 0 atom stereocenters. The molecule has 0 saturated heterocycles. The molecular weight excluding hydrogens is 262 g/mol. The van der Waals surface area contributed by atoms with Crippen molar-refractivity contribution in [1.82, 2.24) is 10.2 Å². The first-order valence-electron chi connectivity index (χ1n) is 4.15. The Balaban J connectivity index is 2.77. The number of halogens is 1. The average molecular weight is 270 g/mol. The van der Waals surface area contributed by atoms with Crippen LogP contribution in [0.15, 0.2) is 16.6 Å². The molecule has 6 heteroatoms. The van der Waals surface area contributed by atoms with Crippen LogP contribution in [-0.4, -0.2) is 23.3 Å².